The van der Waals surface area contributed by atoms with Gasteiger partial charge in [-0.1, -0.05) is 0 Å². The smallest absolute Gasteiger partial charge is 0.221 e. The van der Waals surface area contributed by atoms with Gasteiger partial charge in [-0.2, -0.15) is 0 Å². The summed E-state index contributed by atoms with van der Waals surface area (Å²) in [6.07, 6.45) is 0. The van der Waals surface area contributed by atoms with E-state index < -0.39 is 0 Å². The highest BCUT2D eigenvalue weighted by molar-refractivity contribution is 7.80. The number of anilines is 2. The second kappa shape index (κ2) is 7.38. The molecule has 1 heterocycles. The lowest BCUT2D eigenvalue weighted by Crippen LogP contribution is -2.30. The summed E-state index contributed by atoms with van der Waals surface area (Å²) in [7, 11) is 1.97. The lowest BCUT2D eigenvalue weighted by atomic mass is 10.2. The number of benzene rings is 1. The van der Waals surface area contributed by atoms with Crippen molar-refractivity contribution in [3.63, 3.8) is 0 Å². The molecule has 0 fully saturated rings. The van der Waals surface area contributed by atoms with Gasteiger partial charge in [0.15, 0.2) is 5.11 Å². The summed E-state index contributed by atoms with van der Waals surface area (Å²) in [5.74, 6) is -0.0812. The highest BCUT2D eigenvalue weighted by Gasteiger charge is 2.08. The van der Waals surface area contributed by atoms with Crippen LogP contribution < -0.4 is 10.6 Å². The van der Waals surface area contributed by atoms with E-state index in [4.69, 9.17) is 12.2 Å². The molecule has 1 aromatic heterocycles. The molecular formula is C16H19N3OS2. The number of thiocarbonyl (C=S) groups is 1. The number of carbonyl (C=O) groups excluding carboxylic acids is 1. The van der Waals surface area contributed by atoms with Crippen molar-refractivity contribution < 1.29 is 4.79 Å². The van der Waals surface area contributed by atoms with Crippen LogP contribution in [0.5, 0.6) is 0 Å². The van der Waals surface area contributed by atoms with Crippen molar-refractivity contribution in [2.24, 2.45) is 0 Å². The first kappa shape index (κ1) is 16.5. The summed E-state index contributed by atoms with van der Waals surface area (Å²) in [6.45, 7) is 4.39. The summed E-state index contributed by atoms with van der Waals surface area (Å²) in [5, 5.41) is 8.70. The molecule has 2 rings (SSSR count). The number of thiophene rings is 1. The Labute approximate surface area is 140 Å². The molecule has 0 aliphatic rings. The van der Waals surface area contributed by atoms with Gasteiger partial charge in [0.1, 0.15) is 0 Å². The van der Waals surface area contributed by atoms with Gasteiger partial charge >= 0.3 is 0 Å². The number of rotatable bonds is 4. The minimum Gasteiger partial charge on any atom is -0.347 e. The largest absolute Gasteiger partial charge is 0.347 e. The third kappa shape index (κ3) is 4.54. The van der Waals surface area contributed by atoms with Gasteiger partial charge in [0, 0.05) is 30.2 Å². The van der Waals surface area contributed by atoms with Gasteiger partial charge in [0.2, 0.25) is 5.91 Å². The fourth-order valence-electron chi connectivity index (χ4n) is 1.91. The highest BCUT2D eigenvalue weighted by Crippen LogP contribution is 2.18. The zero-order valence-corrected chi connectivity index (χ0v) is 14.5. The Morgan fingerprint density at radius 2 is 1.77 bits per heavy atom. The van der Waals surface area contributed by atoms with E-state index in [2.05, 4.69) is 29.0 Å². The Bertz CT molecular complexity index is 664. The Morgan fingerprint density at radius 1 is 1.18 bits per heavy atom. The van der Waals surface area contributed by atoms with Gasteiger partial charge in [-0.25, -0.2) is 0 Å². The molecule has 0 aliphatic carbocycles. The third-order valence-electron chi connectivity index (χ3n) is 3.15. The fraction of sp³-hybridized carbons (Fsp3) is 0.250. The van der Waals surface area contributed by atoms with Crippen LogP contribution in [0.2, 0.25) is 0 Å². The topological polar surface area (TPSA) is 44.4 Å². The van der Waals surface area contributed by atoms with Crippen LogP contribution in [0.4, 0.5) is 11.4 Å². The van der Waals surface area contributed by atoms with Crippen molar-refractivity contribution in [2.75, 3.05) is 17.7 Å². The average Bonchev–Trinajstić information content (AvgIpc) is 2.86. The second-order valence-electron chi connectivity index (χ2n) is 5.07. The summed E-state index contributed by atoms with van der Waals surface area (Å²) >= 11 is 7.17. The number of aryl methyl sites for hydroxylation is 1. The van der Waals surface area contributed by atoms with Crippen LogP contribution in [-0.4, -0.2) is 23.0 Å². The molecular weight excluding hydrogens is 314 g/mol. The van der Waals surface area contributed by atoms with Crippen LogP contribution in [0.25, 0.3) is 0 Å². The van der Waals surface area contributed by atoms with Crippen LogP contribution in [-0.2, 0) is 11.3 Å². The molecule has 6 heteroatoms. The maximum absolute atomic E-state index is 11.0. The maximum atomic E-state index is 11.0. The van der Waals surface area contributed by atoms with Crippen LogP contribution in [0, 0.1) is 6.92 Å². The minimum atomic E-state index is -0.0812. The molecule has 0 aliphatic heterocycles. The molecule has 0 unspecified atom stereocenters. The predicted octanol–water partition coefficient (Wildman–Crippen LogP) is 3.84. The molecule has 1 amide bonds. The number of amides is 1. The number of nitrogens with zero attached hydrogens (tertiary/aromatic N) is 1. The Morgan fingerprint density at radius 3 is 2.27 bits per heavy atom. The first-order chi connectivity index (χ1) is 10.5. The van der Waals surface area contributed by atoms with Crippen LogP contribution in [0.15, 0.2) is 35.7 Å². The van der Waals surface area contributed by atoms with Gasteiger partial charge in [0.05, 0.1) is 6.54 Å². The molecule has 116 valence electrons. The van der Waals surface area contributed by atoms with Crippen LogP contribution in [0.1, 0.15) is 17.4 Å². The molecule has 0 spiro atoms. The molecule has 22 heavy (non-hydrogen) atoms. The van der Waals surface area contributed by atoms with E-state index in [0.29, 0.717) is 5.11 Å². The fourth-order valence-corrected chi connectivity index (χ4v) is 3.05. The predicted molar refractivity (Wildman–Crippen MR) is 97.5 cm³/mol. The van der Waals surface area contributed by atoms with Crippen molar-refractivity contribution in [1.29, 1.82) is 0 Å². The van der Waals surface area contributed by atoms with Gasteiger partial charge < -0.3 is 15.5 Å². The quantitative estimate of drug-likeness (QED) is 0.834. The van der Waals surface area contributed by atoms with E-state index in [1.165, 1.54) is 17.4 Å². The van der Waals surface area contributed by atoms with E-state index in [0.717, 1.165) is 17.9 Å². The number of hydrogen-bond acceptors (Lipinski definition) is 3. The third-order valence-corrected chi connectivity index (χ3v) is 4.57. The number of hydrogen-bond donors (Lipinski definition) is 2. The molecule has 2 N–H and O–H groups in total. The van der Waals surface area contributed by atoms with E-state index in [9.17, 15) is 4.79 Å². The Kier molecular flexibility index (Phi) is 5.51. The summed E-state index contributed by atoms with van der Waals surface area (Å²) in [4.78, 5) is 14.3. The highest BCUT2D eigenvalue weighted by atomic mass is 32.1. The standard InChI is InChI=1S/C16H19N3OS2/c1-11-8-9-22-15(11)10-19(3)16(21)18-14-6-4-13(5-7-14)17-12(2)20/h4-9H,10H2,1-3H3,(H,17,20)(H,18,21). The van der Waals surface area contributed by atoms with Crippen molar-refractivity contribution in [3.05, 3.63) is 46.2 Å². The van der Waals surface area contributed by atoms with Crippen molar-refractivity contribution in [1.82, 2.24) is 4.90 Å². The zero-order valence-electron chi connectivity index (χ0n) is 12.8. The summed E-state index contributed by atoms with van der Waals surface area (Å²) in [5.41, 5.74) is 2.96. The second-order valence-corrected chi connectivity index (χ2v) is 6.46. The molecule has 0 saturated heterocycles. The molecule has 2 aromatic rings. The van der Waals surface area contributed by atoms with Gasteiger partial charge in [-0.3, -0.25) is 4.79 Å². The summed E-state index contributed by atoms with van der Waals surface area (Å²) < 4.78 is 0. The van der Waals surface area contributed by atoms with E-state index in [-0.39, 0.29) is 5.91 Å². The monoisotopic (exact) mass is 333 g/mol. The molecule has 0 atom stereocenters. The SMILES string of the molecule is CC(=O)Nc1ccc(NC(=S)N(C)Cc2sccc2C)cc1. The molecule has 0 saturated carbocycles. The minimum absolute atomic E-state index is 0.0812. The average molecular weight is 333 g/mol. The van der Waals surface area contributed by atoms with Crippen molar-refractivity contribution >= 4 is 45.9 Å². The number of carbonyl (C=O) groups is 1. The van der Waals surface area contributed by atoms with E-state index >= 15 is 0 Å². The Hall–Kier alpha value is -1.92. The van der Waals surface area contributed by atoms with Crippen molar-refractivity contribution in [3.8, 4) is 0 Å². The molecule has 4 nitrogen and oxygen atoms in total. The van der Waals surface area contributed by atoms with Crippen LogP contribution in [0.3, 0.4) is 0 Å². The normalized spacial score (nSPS) is 10.1. The number of nitrogens with one attached hydrogen (secondary N) is 2. The molecule has 1 aromatic carbocycles. The molecule has 0 bridgehead atoms. The lowest BCUT2D eigenvalue weighted by Gasteiger charge is -2.21. The van der Waals surface area contributed by atoms with Crippen LogP contribution >= 0.6 is 23.6 Å². The zero-order chi connectivity index (χ0) is 16.1. The van der Waals surface area contributed by atoms with Gasteiger partial charge in [-0.05, 0) is 60.4 Å². The van der Waals surface area contributed by atoms with E-state index in [1.54, 1.807) is 11.3 Å². The maximum Gasteiger partial charge on any atom is 0.221 e. The lowest BCUT2D eigenvalue weighted by molar-refractivity contribution is -0.114. The van der Waals surface area contributed by atoms with E-state index in [1.807, 2.05) is 36.2 Å². The molecule has 0 radical (unpaired) electrons. The van der Waals surface area contributed by atoms with Gasteiger partial charge in [-0.15, -0.1) is 11.3 Å². The first-order valence-electron chi connectivity index (χ1n) is 6.88. The summed E-state index contributed by atoms with van der Waals surface area (Å²) in [6, 6.07) is 9.58. The first-order valence-corrected chi connectivity index (χ1v) is 8.17. The van der Waals surface area contributed by atoms with Gasteiger partial charge in [0.25, 0.3) is 0 Å². The Balaban J connectivity index is 1.93. The van der Waals surface area contributed by atoms with Crippen molar-refractivity contribution in [2.45, 2.75) is 20.4 Å².